The van der Waals surface area contributed by atoms with E-state index in [0.29, 0.717) is 6.61 Å². The number of hydrogen-bond acceptors (Lipinski definition) is 2. The molecule has 4 heteroatoms. The fourth-order valence-corrected chi connectivity index (χ4v) is 0.613. The summed E-state index contributed by atoms with van der Waals surface area (Å²) in [5.74, 6) is 2.74. The van der Waals surface area contributed by atoms with Gasteiger partial charge >= 0.3 is 0 Å². The highest BCUT2D eigenvalue weighted by Crippen LogP contribution is 1.78. The van der Waals surface area contributed by atoms with Gasteiger partial charge in [-0.15, -0.1) is 9.94 Å². The van der Waals surface area contributed by atoms with E-state index < -0.39 is 0 Å². The Balaban J connectivity index is 2.32. The van der Waals surface area contributed by atoms with Gasteiger partial charge in [0, 0.05) is 22.6 Å². The van der Waals surface area contributed by atoms with E-state index in [2.05, 4.69) is 14.9 Å². The molecule has 0 saturated heterocycles. The normalized spacial score (nSPS) is 8.10. The highest BCUT2D eigenvalue weighted by molar-refractivity contribution is 14.1. The quantitative estimate of drug-likeness (QED) is 0.569. The Bertz CT molecular complexity index is 234. The van der Waals surface area contributed by atoms with Crippen molar-refractivity contribution >= 4 is 22.6 Å². The van der Waals surface area contributed by atoms with Gasteiger partial charge in [0.05, 0.1) is 12.4 Å². The van der Waals surface area contributed by atoms with Crippen LogP contribution in [0.5, 0.6) is 0 Å². The molecule has 0 N–H and O–H groups in total. The van der Waals surface area contributed by atoms with E-state index in [1.54, 1.807) is 18.5 Å². The van der Waals surface area contributed by atoms with Gasteiger partial charge < -0.3 is 4.84 Å². The SMILES string of the molecule is IC#CCOn1cccn1. The average Bonchev–Trinajstić information content (AvgIpc) is 2.41. The third-order valence-electron chi connectivity index (χ3n) is 0.816. The van der Waals surface area contributed by atoms with Gasteiger partial charge in [-0.05, 0) is 15.9 Å². The lowest BCUT2D eigenvalue weighted by Gasteiger charge is -1.97. The molecule has 3 nitrogen and oxygen atoms in total. The Morgan fingerprint density at radius 2 is 2.60 bits per heavy atom. The van der Waals surface area contributed by atoms with Crippen LogP contribution in [-0.2, 0) is 0 Å². The Hall–Kier alpha value is -0.700. The molecule has 10 heavy (non-hydrogen) atoms. The zero-order valence-corrected chi connectivity index (χ0v) is 7.28. The molecular weight excluding hydrogens is 243 g/mol. The number of rotatable bonds is 2. The van der Waals surface area contributed by atoms with Crippen molar-refractivity contribution in [1.82, 2.24) is 9.94 Å². The minimum absolute atomic E-state index is 0.380. The molecule has 0 saturated carbocycles. The summed E-state index contributed by atoms with van der Waals surface area (Å²) in [5, 5.41) is 3.81. The zero-order valence-electron chi connectivity index (χ0n) is 5.12. The second-order valence-corrected chi connectivity index (χ2v) is 1.99. The molecule has 0 atom stereocenters. The standard InChI is InChI=1S/C6H5IN2O/c7-3-1-6-10-9-5-2-4-8-9/h2,4-5H,6H2. The molecule has 0 unspecified atom stereocenters. The molecule has 52 valence electrons. The van der Waals surface area contributed by atoms with Crippen molar-refractivity contribution in [1.29, 1.82) is 0 Å². The minimum atomic E-state index is 0.380. The Labute approximate surface area is 72.5 Å². The maximum Gasteiger partial charge on any atom is 0.178 e. The van der Waals surface area contributed by atoms with Crippen molar-refractivity contribution < 1.29 is 4.84 Å². The number of hydrogen-bond donors (Lipinski definition) is 0. The smallest absolute Gasteiger partial charge is 0.178 e. The van der Waals surface area contributed by atoms with E-state index in [1.165, 1.54) is 4.85 Å². The largest absolute Gasteiger partial charge is 0.384 e. The molecular formula is C6H5IN2O. The Morgan fingerprint density at radius 3 is 3.20 bits per heavy atom. The van der Waals surface area contributed by atoms with Crippen LogP contribution in [0.3, 0.4) is 0 Å². The summed E-state index contributed by atoms with van der Waals surface area (Å²) in [6, 6.07) is 1.79. The Kier molecular flexibility index (Phi) is 3.09. The van der Waals surface area contributed by atoms with Crippen LogP contribution in [0.1, 0.15) is 0 Å². The maximum absolute atomic E-state index is 5.01. The molecule has 0 aliphatic rings. The summed E-state index contributed by atoms with van der Waals surface area (Å²) < 4.78 is 2.68. The van der Waals surface area contributed by atoms with Crippen molar-refractivity contribution in [3.63, 3.8) is 0 Å². The molecule has 0 fully saturated rings. The first-order valence-corrected chi connectivity index (χ1v) is 3.73. The summed E-state index contributed by atoms with van der Waals surface area (Å²) >= 11 is 1.96. The van der Waals surface area contributed by atoms with Crippen LogP contribution in [0.2, 0.25) is 0 Å². The van der Waals surface area contributed by atoms with E-state index >= 15 is 0 Å². The van der Waals surface area contributed by atoms with E-state index in [4.69, 9.17) is 4.84 Å². The number of aromatic nitrogens is 2. The van der Waals surface area contributed by atoms with Gasteiger partial charge in [0.2, 0.25) is 0 Å². The second-order valence-electron chi connectivity index (χ2n) is 1.45. The number of halogens is 1. The summed E-state index contributed by atoms with van der Waals surface area (Å²) in [7, 11) is 0. The van der Waals surface area contributed by atoms with Crippen molar-refractivity contribution in [3.8, 4) is 9.85 Å². The van der Waals surface area contributed by atoms with Gasteiger partial charge in [-0.2, -0.15) is 0 Å². The van der Waals surface area contributed by atoms with E-state index in [0.717, 1.165) is 0 Å². The second kappa shape index (κ2) is 4.17. The first kappa shape index (κ1) is 7.41. The summed E-state index contributed by atoms with van der Waals surface area (Å²) in [5.41, 5.74) is 0. The van der Waals surface area contributed by atoms with Gasteiger partial charge in [-0.1, -0.05) is 0 Å². The van der Waals surface area contributed by atoms with Gasteiger partial charge in [0.25, 0.3) is 0 Å². The van der Waals surface area contributed by atoms with Crippen LogP contribution in [0.15, 0.2) is 18.5 Å². The molecule has 0 amide bonds. The molecule has 0 aliphatic heterocycles. The highest BCUT2D eigenvalue weighted by Gasteiger charge is 1.83. The van der Waals surface area contributed by atoms with Crippen molar-refractivity contribution in [2.75, 3.05) is 6.61 Å². The molecule has 1 aromatic heterocycles. The lowest BCUT2D eigenvalue weighted by Crippen LogP contribution is -2.11. The molecule has 0 spiro atoms. The molecule has 0 radical (unpaired) electrons. The van der Waals surface area contributed by atoms with Crippen molar-refractivity contribution in [2.24, 2.45) is 0 Å². The van der Waals surface area contributed by atoms with Gasteiger partial charge in [-0.25, -0.2) is 0 Å². The van der Waals surface area contributed by atoms with Crippen molar-refractivity contribution in [2.45, 2.75) is 0 Å². The highest BCUT2D eigenvalue weighted by atomic mass is 127. The molecule has 0 aliphatic carbocycles. The predicted molar refractivity (Wildman–Crippen MR) is 45.5 cm³/mol. The first-order chi connectivity index (χ1) is 4.93. The molecule has 1 heterocycles. The zero-order chi connectivity index (χ0) is 7.23. The van der Waals surface area contributed by atoms with Gasteiger partial charge in [0.15, 0.2) is 6.61 Å². The van der Waals surface area contributed by atoms with E-state index in [9.17, 15) is 0 Å². The van der Waals surface area contributed by atoms with Crippen LogP contribution < -0.4 is 4.84 Å². The lowest BCUT2D eigenvalue weighted by atomic mass is 10.8. The minimum Gasteiger partial charge on any atom is -0.384 e. The van der Waals surface area contributed by atoms with Gasteiger partial charge in [0.1, 0.15) is 0 Å². The first-order valence-electron chi connectivity index (χ1n) is 2.65. The van der Waals surface area contributed by atoms with Crippen LogP contribution in [0, 0.1) is 9.85 Å². The molecule has 1 rings (SSSR count). The summed E-state index contributed by atoms with van der Waals surface area (Å²) in [6.07, 6.45) is 3.37. The van der Waals surface area contributed by atoms with Crippen molar-refractivity contribution in [3.05, 3.63) is 18.5 Å². The summed E-state index contributed by atoms with van der Waals surface area (Å²) in [6.45, 7) is 0.380. The number of nitrogens with zero attached hydrogens (tertiary/aromatic N) is 2. The van der Waals surface area contributed by atoms with Crippen LogP contribution in [0.25, 0.3) is 0 Å². The maximum atomic E-state index is 5.01. The van der Waals surface area contributed by atoms with Crippen LogP contribution in [0.4, 0.5) is 0 Å². The molecule has 1 aromatic rings. The average molecular weight is 248 g/mol. The third kappa shape index (κ3) is 2.27. The summed E-state index contributed by atoms with van der Waals surface area (Å²) in [4.78, 5) is 6.39. The van der Waals surface area contributed by atoms with E-state index in [1.807, 2.05) is 22.6 Å². The van der Waals surface area contributed by atoms with Crippen LogP contribution >= 0.6 is 22.6 Å². The van der Waals surface area contributed by atoms with E-state index in [-0.39, 0.29) is 0 Å². The topological polar surface area (TPSA) is 27.1 Å². The molecule has 0 aromatic carbocycles. The fraction of sp³-hybridized carbons (Fsp3) is 0.167. The monoisotopic (exact) mass is 248 g/mol. The fourth-order valence-electron chi connectivity index (χ4n) is 0.457. The van der Waals surface area contributed by atoms with Crippen LogP contribution in [-0.4, -0.2) is 16.6 Å². The Morgan fingerprint density at radius 1 is 1.70 bits per heavy atom. The molecule has 0 bridgehead atoms. The van der Waals surface area contributed by atoms with Gasteiger partial charge in [-0.3, -0.25) is 0 Å². The lowest BCUT2D eigenvalue weighted by molar-refractivity contribution is 0.108. The predicted octanol–water partition coefficient (Wildman–Crippen LogP) is 0.708. The third-order valence-corrected chi connectivity index (χ3v) is 1.20.